The summed E-state index contributed by atoms with van der Waals surface area (Å²) in [4.78, 5) is 7.83. The Morgan fingerprint density at radius 3 is 3.00 bits per heavy atom. The first-order valence-electron chi connectivity index (χ1n) is 4.55. The molecule has 0 bridgehead atoms. The van der Waals surface area contributed by atoms with Crippen LogP contribution in [0.4, 0.5) is 5.82 Å². The lowest BCUT2D eigenvalue weighted by Crippen LogP contribution is -2.26. The van der Waals surface area contributed by atoms with Crippen molar-refractivity contribution in [3.05, 3.63) is 17.5 Å². The molecule has 0 spiro atoms. The summed E-state index contributed by atoms with van der Waals surface area (Å²) in [5.74, 6) is 1.17. The number of alkyl halides is 1. The molecule has 0 aliphatic rings. The molecule has 1 heterocycles. The van der Waals surface area contributed by atoms with E-state index >= 15 is 0 Å². The molecule has 0 radical (unpaired) electrons. The fourth-order valence-electron chi connectivity index (χ4n) is 1.14. The Bertz CT molecular complexity index is 292. The standard InChI is InChI=1S/C9H13Cl2N3O/c1-15-5-7(2-3-10)14-9-8(11)4-12-6-13-9/h4,6-7H,2-3,5H2,1H3,(H,12,13,14). The van der Waals surface area contributed by atoms with Gasteiger partial charge in [0.1, 0.15) is 17.2 Å². The second kappa shape index (κ2) is 6.82. The molecule has 1 atom stereocenters. The summed E-state index contributed by atoms with van der Waals surface area (Å²) >= 11 is 11.6. The number of rotatable bonds is 6. The molecule has 1 rings (SSSR count). The lowest BCUT2D eigenvalue weighted by atomic mass is 10.2. The second-order valence-corrected chi connectivity index (χ2v) is 3.78. The lowest BCUT2D eigenvalue weighted by molar-refractivity contribution is 0.184. The zero-order valence-electron chi connectivity index (χ0n) is 8.41. The Labute approximate surface area is 99.0 Å². The smallest absolute Gasteiger partial charge is 0.148 e. The maximum atomic E-state index is 5.91. The Balaban J connectivity index is 2.60. The van der Waals surface area contributed by atoms with Crippen molar-refractivity contribution in [2.24, 2.45) is 0 Å². The fraction of sp³-hybridized carbons (Fsp3) is 0.556. The van der Waals surface area contributed by atoms with Crippen molar-refractivity contribution >= 4 is 29.0 Å². The summed E-state index contributed by atoms with van der Waals surface area (Å²) in [6, 6.07) is 0.111. The van der Waals surface area contributed by atoms with Gasteiger partial charge >= 0.3 is 0 Å². The van der Waals surface area contributed by atoms with Crippen molar-refractivity contribution in [2.75, 3.05) is 24.9 Å². The van der Waals surface area contributed by atoms with Crippen molar-refractivity contribution in [1.29, 1.82) is 0 Å². The summed E-state index contributed by atoms with van der Waals surface area (Å²) in [5.41, 5.74) is 0. The molecular weight excluding hydrogens is 237 g/mol. The number of ether oxygens (including phenoxy) is 1. The predicted octanol–water partition coefficient (Wildman–Crippen LogP) is 2.19. The van der Waals surface area contributed by atoms with Crippen LogP contribution in [-0.4, -0.2) is 35.6 Å². The second-order valence-electron chi connectivity index (χ2n) is 2.99. The van der Waals surface area contributed by atoms with Crippen molar-refractivity contribution in [3.8, 4) is 0 Å². The predicted molar refractivity (Wildman–Crippen MR) is 61.7 cm³/mol. The van der Waals surface area contributed by atoms with E-state index in [-0.39, 0.29) is 6.04 Å². The molecule has 4 nitrogen and oxygen atoms in total. The van der Waals surface area contributed by atoms with Crippen molar-refractivity contribution < 1.29 is 4.74 Å². The number of aromatic nitrogens is 2. The van der Waals surface area contributed by atoms with Gasteiger partial charge < -0.3 is 10.1 Å². The first-order valence-corrected chi connectivity index (χ1v) is 5.46. The number of hydrogen-bond donors (Lipinski definition) is 1. The number of methoxy groups -OCH3 is 1. The van der Waals surface area contributed by atoms with E-state index in [2.05, 4.69) is 15.3 Å². The number of nitrogens with zero attached hydrogens (tertiary/aromatic N) is 2. The monoisotopic (exact) mass is 249 g/mol. The average molecular weight is 250 g/mol. The summed E-state index contributed by atoms with van der Waals surface area (Å²) in [6.45, 7) is 0.563. The third-order valence-corrected chi connectivity index (χ3v) is 2.33. The van der Waals surface area contributed by atoms with Crippen molar-refractivity contribution in [3.63, 3.8) is 0 Å². The van der Waals surface area contributed by atoms with Crippen LogP contribution in [0.25, 0.3) is 0 Å². The maximum Gasteiger partial charge on any atom is 0.148 e. The minimum absolute atomic E-state index is 0.111. The highest BCUT2D eigenvalue weighted by molar-refractivity contribution is 6.32. The Hall–Kier alpha value is -0.580. The molecule has 0 aromatic carbocycles. The number of halogens is 2. The van der Waals surface area contributed by atoms with E-state index in [0.717, 1.165) is 6.42 Å². The number of nitrogens with one attached hydrogen (secondary N) is 1. The van der Waals surface area contributed by atoms with Crippen LogP contribution in [0.5, 0.6) is 0 Å². The summed E-state index contributed by atoms with van der Waals surface area (Å²) in [7, 11) is 1.64. The topological polar surface area (TPSA) is 47.0 Å². The van der Waals surface area contributed by atoms with Crippen LogP contribution >= 0.6 is 23.2 Å². The van der Waals surface area contributed by atoms with E-state index < -0.39 is 0 Å². The van der Waals surface area contributed by atoms with Gasteiger partial charge in [-0.05, 0) is 6.42 Å². The van der Waals surface area contributed by atoms with Crippen LogP contribution in [0.15, 0.2) is 12.5 Å². The molecule has 15 heavy (non-hydrogen) atoms. The molecule has 1 aromatic heterocycles. The molecule has 6 heteroatoms. The van der Waals surface area contributed by atoms with Gasteiger partial charge in [0.15, 0.2) is 0 Å². The van der Waals surface area contributed by atoms with Crippen LogP contribution in [0.2, 0.25) is 5.02 Å². The van der Waals surface area contributed by atoms with Crippen molar-refractivity contribution in [1.82, 2.24) is 9.97 Å². The molecule has 84 valence electrons. The molecule has 1 unspecified atom stereocenters. The highest BCUT2D eigenvalue weighted by atomic mass is 35.5. The van der Waals surface area contributed by atoms with Crippen LogP contribution in [-0.2, 0) is 4.74 Å². The van der Waals surface area contributed by atoms with E-state index in [1.54, 1.807) is 13.3 Å². The van der Waals surface area contributed by atoms with Gasteiger partial charge in [-0.15, -0.1) is 11.6 Å². The maximum absolute atomic E-state index is 5.91. The van der Waals surface area contributed by atoms with Crippen molar-refractivity contribution in [2.45, 2.75) is 12.5 Å². The molecule has 0 aliphatic carbocycles. The lowest BCUT2D eigenvalue weighted by Gasteiger charge is -2.17. The molecule has 0 fully saturated rings. The zero-order chi connectivity index (χ0) is 11.1. The number of hydrogen-bond acceptors (Lipinski definition) is 4. The van der Waals surface area contributed by atoms with Crippen LogP contribution in [0.1, 0.15) is 6.42 Å². The average Bonchev–Trinajstić information content (AvgIpc) is 2.22. The minimum atomic E-state index is 0.111. The SMILES string of the molecule is COCC(CCCl)Nc1ncncc1Cl. The summed E-state index contributed by atoms with van der Waals surface area (Å²) < 4.78 is 5.06. The first kappa shape index (κ1) is 12.5. The minimum Gasteiger partial charge on any atom is -0.383 e. The molecule has 1 aromatic rings. The summed E-state index contributed by atoms with van der Waals surface area (Å²) in [5, 5.41) is 3.65. The molecule has 0 saturated carbocycles. The molecule has 0 aliphatic heterocycles. The van der Waals surface area contributed by atoms with E-state index in [0.29, 0.717) is 23.3 Å². The first-order chi connectivity index (χ1) is 7.27. The Kier molecular flexibility index (Phi) is 5.68. The zero-order valence-corrected chi connectivity index (χ0v) is 9.92. The van der Waals surface area contributed by atoms with Gasteiger partial charge in [-0.3, -0.25) is 0 Å². The summed E-state index contributed by atoms with van der Waals surface area (Å²) in [6.07, 6.45) is 3.77. The van der Waals surface area contributed by atoms with E-state index in [1.165, 1.54) is 6.33 Å². The van der Waals surface area contributed by atoms with Gasteiger partial charge in [0.25, 0.3) is 0 Å². The Morgan fingerprint density at radius 1 is 1.60 bits per heavy atom. The van der Waals surface area contributed by atoms with Crippen LogP contribution in [0.3, 0.4) is 0 Å². The fourth-order valence-corrected chi connectivity index (χ4v) is 1.57. The molecular formula is C9H13Cl2N3O. The molecule has 1 N–H and O–H groups in total. The largest absolute Gasteiger partial charge is 0.383 e. The van der Waals surface area contributed by atoms with E-state index in [4.69, 9.17) is 27.9 Å². The van der Waals surface area contributed by atoms with E-state index in [1.807, 2.05) is 0 Å². The van der Waals surface area contributed by atoms with E-state index in [9.17, 15) is 0 Å². The Morgan fingerprint density at radius 2 is 2.40 bits per heavy atom. The van der Waals surface area contributed by atoms with Gasteiger partial charge in [0, 0.05) is 13.0 Å². The quantitative estimate of drug-likeness (QED) is 0.786. The number of anilines is 1. The third kappa shape index (κ3) is 4.20. The molecule has 0 saturated heterocycles. The van der Waals surface area contributed by atoms with Crippen LogP contribution < -0.4 is 5.32 Å². The normalized spacial score (nSPS) is 12.5. The van der Waals surface area contributed by atoms with Gasteiger partial charge in [-0.25, -0.2) is 9.97 Å². The van der Waals surface area contributed by atoms with Gasteiger partial charge in [-0.1, -0.05) is 11.6 Å². The van der Waals surface area contributed by atoms with Gasteiger partial charge in [-0.2, -0.15) is 0 Å². The highest BCUT2D eigenvalue weighted by Crippen LogP contribution is 2.17. The van der Waals surface area contributed by atoms with Gasteiger partial charge in [0.2, 0.25) is 0 Å². The third-order valence-electron chi connectivity index (χ3n) is 1.83. The van der Waals surface area contributed by atoms with Crippen LogP contribution in [0, 0.1) is 0 Å². The van der Waals surface area contributed by atoms with Gasteiger partial charge in [0.05, 0.1) is 18.8 Å². The molecule has 0 amide bonds. The highest BCUT2D eigenvalue weighted by Gasteiger charge is 2.10.